The number of aromatic nitrogens is 2. The number of rotatable bonds is 7. The van der Waals surface area contributed by atoms with Crippen LogP contribution in [-0.4, -0.2) is 61.9 Å². The monoisotopic (exact) mass is 562 g/mol. The standard InChI is InChI=1S/C23H20Cl2N6O5S/c24-15-10-16(25)12-18(11-15)37(35,36)31(13-22(32)33)17-1-2-19-14(9-17)5-7-29(19)20-3-4-21(28-27-20)30-8-6-26-23(30)34/h1-4,9-12H,5-8,13H2,(H,26,34)(H,32,33). The van der Waals surface area contributed by atoms with E-state index in [1.165, 1.54) is 23.1 Å². The second-order valence-electron chi connectivity index (χ2n) is 8.36. The predicted molar refractivity (Wildman–Crippen MR) is 139 cm³/mol. The summed E-state index contributed by atoms with van der Waals surface area (Å²) in [4.78, 5) is 26.7. The number of carbonyl (C=O) groups is 2. The van der Waals surface area contributed by atoms with Crippen molar-refractivity contribution in [2.45, 2.75) is 11.3 Å². The van der Waals surface area contributed by atoms with E-state index in [4.69, 9.17) is 23.2 Å². The summed E-state index contributed by atoms with van der Waals surface area (Å²) in [5.74, 6) is -0.302. The number of fused-ring (bicyclic) bond motifs is 1. The maximum absolute atomic E-state index is 13.4. The third-order valence-corrected chi connectivity index (χ3v) is 8.18. The van der Waals surface area contributed by atoms with E-state index in [0.717, 1.165) is 15.6 Å². The summed E-state index contributed by atoms with van der Waals surface area (Å²) >= 11 is 12.0. The minimum Gasteiger partial charge on any atom is -0.480 e. The number of halogens is 2. The maximum atomic E-state index is 13.4. The van der Waals surface area contributed by atoms with Gasteiger partial charge in [-0.3, -0.25) is 14.0 Å². The van der Waals surface area contributed by atoms with E-state index >= 15 is 0 Å². The Hall–Kier alpha value is -3.61. The molecule has 0 aliphatic carbocycles. The molecule has 1 fully saturated rings. The van der Waals surface area contributed by atoms with E-state index in [2.05, 4.69) is 15.5 Å². The molecule has 1 aromatic heterocycles. The van der Waals surface area contributed by atoms with Gasteiger partial charge in [0.05, 0.1) is 10.6 Å². The summed E-state index contributed by atoms with van der Waals surface area (Å²) in [7, 11) is -4.28. The Labute approximate surface area is 222 Å². The van der Waals surface area contributed by atoms with Crippen LogP contribution in [-0.2, 0) is 21.2 Å². The van der Waals surface area contributed by atoms with Crippen LogP contribution >= 0.6 is 23.2 Å². The highest BCUT2D eigenvalue weighted by Gasteiger charge is 2.30. The Bertz CT molecular complexity index is 1480. The Kier molecular flexibility index (Phi) is 6.56. The first-order valence-corrected chi connectivity index (χ1v) is 13.3. The SMILES string of the molecule is O=C(O)CN(c1ccc2c(c1)CCN2c1ccc(N2CCNC2=O)nn1)S(=O)(=O)c1cc(Cl)cc(Cl)c1. The number of sulfonamides is 1. The Morgan fingerprint density at radius 1 is 1.00 bits per heavy atom. The van der Waals surface area contributed by atoms with Gasteiger partial charge in [0.15, 0.2) is 11.6 Å². The molecule has 0 bridgehead atoms. The molecule has 0 radical (unpaired) electrons. The molecule has 1 saturated heterocycles. The van der Waals surface area contributed by atoms with Crippen LogP contribution < -0.4 is 19.4 Å². The fraction of sp³-hybridized carbons (Fsp3) is 0.217. The number of hydrogen-bond donors (Lipinski definition) is 2. The molecule has 2 aromatic carbocycles. The summed E-state index contributed by atoms with van der Waals surface area (Å²) in [5.41, 5.74) is 1.81. The lowest BCUT2D eigenvalue weighted by Crippen LogP contribution is -2.35. The average Bonchev–Trinajstić information content (AvgIpc) is 3.47. The normalized spacial score (nSPS) is 15.0. The topological polar surface area (TPSA) is 136 Å². The fourth-order valence-electron chi connectivity index (χ4n) is 4.32. The molecular formula is C23H20Cl2N6O5S. The molecule has 3 heterocycles. The van der Waals surface area contributed by atoms with E-state index in [0.29, 0.717) is 37.7 Å². The fourth-order valence-corrected chi connectivity index (χ4v) is 6.45. The van der Waals surface area contributed by atoms with Gasteiger partial charge in [-0.1, -0.05) is 23.2 Å². The maximum Gasteiger partial charge on any atom is 0.324 e. The van der Waals surface area contributed by atoms with Crippen molar-refractivity contribution in [2.75, 3.05) is 40.3 Å². The highest BCUT2D eigenvalue weighted by molar-refractivity contribution is 7.92. The highest BCUT2D eigenvalue weighted by atomic mass is 35.5. The summed E-state index contributed by atoms with van der Waals surface area (Å²) in [6, 6.07) is 12.0. The minimum atomic E-state index is -4.28. The lowest BCUT2D eigenvalue weighted by Gasteiger charge is -2.24. The quantitative estimate of drug-likeness (QED) is 0.447. The molecule has 192 valence electrons. The molecule has 14 heteroatoms. The zero-order valence-electron chi connectivity index (χ0n) is 19.1. The zero-order chi connectivity index (χ0) is 26.3. The van der Waals surface area contributed by atoms with E-state index < -0.39 is 22.5 Å². The molecular weight excluding hydrogens is 543 g/mol. The van der Waals surface area contributed by atoms with Crippen molar-refractivity contribution in [1.29, 1.82) is 0 Å². The number of urea groups is 1. The number of benzene rings is 2. The Morgan fingerprint density at radius 2 is 1.68 bits per heavy atom. The van der Waals surface area contributed by atoms with Gasteiger partial charge in [-0.25, -0.2) is 13.2 Å². The molecule has 3 aromatic rings. The number of aliphatic carboxylic acids is 1. The van der Waals surface area contributed by atoms with Gasteiger partial charge in [0.2, 0.25) is 0 Å². The van der Waals surface area contributed by atoms with Crippen LogP contribution in [0.3, 0.4) is 0 Å². The van der Waals surface area contributed by atoms with Crippen LogP contribution in [0, 0.1) is 0 Å². The molecule has 0 saturated carbocycles. The van der Waals surface area contributed by atoms with Gasteiger partial charge in [-0.2, -0.15) is 0 Å². The van der Waals surface area contributed by atoms with Crippen molar-refractivity contribution in [3.63, 3.8) is 0 Å². The number of amides is 2. The van der Waals surface area contributed by atoms with Crippen molar-refractivity contribution < 1.29 is 23.1 Å². The van der Waals surface area contributed by atoms with Crippen LogP contribution in [0.2, 0.25) is 10.0 Å². The molecule has 2 amide bonds. The van der Waals surface area contributed by atoms with Crippen LogP contribution in [0.15, 0.2) is 53.4 Å². The van der Waals surface area contributed by atoms with Crippen LogP contribution in [0.25, 0.3) is 0 Å². The molecule has 11 nitrogen and oxygen atoms in total. The van der Waals surface area contributed by atoms with Gasteiger partial charge < -0.3 is 15.3 Å². The number of hydrogen-bond acceptors (Lipinski definition) is 7. The molecule has 2 aliphatic rings. The third-order valence-electron chi connectivity index (χ3n) is 6.00. The van der Waals surface area contributed by atoms with E-state index in [1.54, 1.807) is 30.3 Å². The summed E-state index contributed by atoms with van der Waals surface area (Å²) in [6.45, 7) is 0.834. The van der Waals surface area contributed by atoms with Crippen molar-refractivity contribution in [3.8, 4) is 0 Å². The molecule has 2 N–H and O–H groups in total. The Morgan fingerprint density at radius 3 is 2.27 bits per heavy atom. The highest BCUT2D eigenvalue weighted by Crippen LogP contribution is 2.37. The number of anilines is 4. The lowest BCUT2D eigenvalue weighted by molar-refractivity contribution is -0.135. The van der Waals surface area contributed by atoms with Crippen molar-refractivity contribution >= 4 is 68.2 Å². The first kappa shape index (κ1) is 25.1. The van der Waals surface area contributed by atoms with Gasteiger partial charge >= 0.3 is 12.0 Å². The Balaban J connectivity index is 1.45. The minimum absolute atomic E-state index is 0.114. The zero-order valence-corrected chi connectivity index (χ0v) is 21.5. The average molecular weight is 563 g/mol. The number of nitrogens with one attached hydrogen (secondary N) is 1. The predicted octanol–water partition coefficient (Wildman–Crippen LogP) is 3.29. The van der Waals surface area contributed by atoms with Crippen LogP contribution in [0.4, 0.5) is 27.8 Å². The molecule has 2 aliphatic heterocycles. The van der Waals surface area contributed by atoms with E-state index in [-0.39, 0.29) is 26.7 Å². The second kappa shape index (κ2) is 9.69. The van der Waals surface area contributed by atoms with Crippen molar-refractivity contribution in [3.05, 3.63) is 64.1 Å². The van der Waals surface area contributed by atoms with Crippen LogP contribution in [0.1, 0.15) is 5.56 Å². The second-order valence-corrected chi connectivity index (χ2v) is 11.1. The van der Waals surface area contributed by atoms with Crippen LogP contribution in [0.5, 0.6) is 0 Å². The van der Waals surface area contributed by atoms with E-state index in [9.17, 15) is 23.1 Å². The molecule has 0 atom stereocenters. The summed E-state index contributed by atoms with van der Waals surface area (Å²) in [5, 5.41) is 20.9. The summed E-state index contributed by atoms with van der Waals surface area (Å²) < 4.78 is 27.6. The number of carboxylic acid groups (broad SMARTS) is 1. The third kappa shape index (κ3) is 4.87. The number of carboxylic acids is 1. The van der Waals surface area contributed by atoms with Gasteiger partial charge in [-0.05, 0) is 60.5 Å². The molecule has 0 unspecified atom stereocenters. The largest absolute Gasteiger partial charge is 0.480 e. The smallest absolute Gasteiger partial charge is 0.324 e. The van der Waals surface area contributed by atoms with E-state index in [1.807, 2.05) is 4.90 Å². The number of nitrogens with zero attached hydrogens (tertiary/aromatic N) is 5. The number of carbonyl (C=O) groups excluding carboxylic acids is 1. The molecule has 37 heavy (non-hydrogen) atoms. The van der Waals surface area contributed by atoms with Crippen molar-refractivity contribution in [2.24, 2.45) is 0 Å². The van der Waals surface area contributed by atoms with Gasteiger partial charge in [0.1, 0.15) is 6.54 Å². The lowest BCUT2D eigenvalue weighted by atomic mass is 10.1. The molecule has 0 spiro atoms. The van der Waals surface area contributed by atoms with Gasteiger partial charge in [0, 0.05) is 35.4 Å². The molecule has 5 rings (SSSR count). The first-order chi connectivity index (χ1) is 17.6. The van der Waals surface area contributed by atoms with Gasteiger partial charge in [-0.15, -0.1) is 10.2 Å². The van der Waals surface area contributed by atoms with Crippen molar-refractivity contribution in [1.82, 2.24) is 15.5 Å². The first-order valence-electron chi connectivity index (χ1n) is 11.1. The summed E-state index contributed by atoms with van der Waals surface area (Å²) in [6.07, 6.45) is 0.574. The van der Waals surface area contributed by atoms with Gasteiger partial charge in [0.25, 0.3) is 10.0 Å².